The number of hydrogen-bond acceptors (Lipinski definition) is 5. The van der Waals surface area contributed by atoms with Gasteiger partial charge in [0.2, 0.25) is 5.89 Å². The summed E-state index contributed by atoms with van der Waals surface area (Å²) in [6, 6.07) is 14.9. The molecule has 1 aliphatic carbocycles. The van der Waals surface area contributed by atoms with Crippen LogP contribution in [0.3, 0.4) is 0 Å². The Labute approximate surface area is 164 Å². The van der Waals surface area contributed by atoms with Gasteiger partial charge in [0.05, 0.1) is 17.5 Å². The number of nitrogens with one attached hydrogen (secondary N) is 1. The number of aryl methyl sites for hydroxylation is 1. The highest BCUT2D eigenvalue weighted by molar-refractivity contribution is 7.95. The third-order valence-corrected chi connectivity index (χ3v) is 5.55. The Morgan fingerprint density at radius 1 is 1.14 bits per heavy atom. The molecule has 1 aliphatic rings. The molecule has 0 unspecified atom stereocenters. The van der Waals surface area contributed by atoms with E-state index in [9.17, 15) is 8.42 Å². The molecule has 1 N–H and O–H groups in total. The molecular weight excluding hydrogens is 374 g/mol. The van der Waals surface area contributed by atoms with Crippen molar-refractivity contribution in [1.29, 1.82) is 0 Å². The van der Waals surface area contributed by atoms with Crippen molar-refractivity contribution >= 4 is 21.8 Å². The number of nitrogens with zero attached hydrogens (tertiary/aromatic N) is 2. The molecule has 1 aromatic heterocycles. The van der Waals surface area contributed by atoms with E-state index in [1.165, 1.54) is 5.41 Å². The summed E-state index contributed by atoms with van der Waals surface area (Å²) in [5, 5.41) is 5.18. The molecule has 0 amide bonds. The van der Waals surface area contributed by atoms with Crippen molar-refractivity contribution in [2.24, 2.45) is 0 Å². The van der Waals surface area contributed by atoms with Crippen molar-refractivity contribution in [1.82, 2.24) is 10.1 Å². The Bertz CT molecular complexity index is 1100. The molecule has 4 rings (SSSR count). The maximum atomic E-state index is 12.5. The fourth-order valence-electron chi connectivity index (χ4n) is 2.82. The maximum absolute atomic E-state index is 12.5. The van der Waals surface area contributed by atoms with Crippen molar-refractivity contribution in [2.45, 2.75) is 32.1 Å². The molecule has 3 aromatic rings. The van der Waals surface area contributed by atoms with Crippen LogP contribution in [0, 0.1) is 6.92 Å². The summed E-state index contributed by atoms with van der Waals surface area (Å²) in [7, 11) is -3.65. The second kappa shape index (κ2) is 7.59. The van der Waals surface area contributed by atoms with Crippen LogP contribution in [0.25, 0.3) is 6.08 Å². The number of hydrogen-bond donors (Lipinski definition) is 1. The lowest BCUT2D eigenvalue weighted by molar-refractivity contribution is 0.379. The summed E-state index contributed by atoms with van der Waals surface area (Å²) in [5.41, 5.74) is 3.23. The van der Waals surface area contributed by atoms with E-state index in [2.05, 4.69) is 14.9 Å². The first-order chi connectivity index (χ1) is 13.5. The number of aromatic nitrogens is 2. The molecule has 28 heavy (non-hydrogen) atoms. The fourth-order valence-corrected chi connectivity index (χ4v) is 3.73. The summed E-state index contributed by atoms with van der Waals surface area (Å²) in [6.45, 7) is 1.99. The fraction of sp³-hybridized carbons (Fsp3) is 0.238. The molecule has 0 radical (unpaired) electrons. The van der Waals surface area contributed by atoms with Crippen LogP contribution in [0.5, 0.6) is 0 Å². The lowest BCUT2D eigenvalue weighted by Gasteiger charge is -2.09. The van der Waals surface area contributed by atoms with Crippen LogP contribution in [0.1, 0.15) is 47.2 Å². The van der Waals surface area contributed by atoms with Gasteiger partial charge in [-0.2, -0.15) is 4.98 Å². The lowest BCUT2D eigenvalue weighted by atomic mass is 10.1. The second-order valence-electron chi connectivity index (χ2n) is 7.02. The molecular formula is C21H21N3O3S. The van der Waals surface area contributed by atoms with Gasteiger partial charge in [0.1, 0.15) is 0 Å². The third-order valence-electron chi connectivity index (χ3n) is 4.55. The standard InChI is InChI=1S/C21H21N3O3S/c1-15-6-8-16(9-7-15)12-13-28(25,26)24-19-5-3-2-4-18(19)14-20-22-21(23-27-20)17-10-11-17/h2-9,12-13,17,24H,10-11,14H2,1H3/b13-12+. The zero-order chi connectivity index (χ0) is 19.6. The molecule has 0 aliphatic heterocycles. The van der Waals surface area contributed by atoms with Gasteiger partial charge in [0, 0.05) is 5.92 Å². The Morgan fingerprint density at radius 3 is 2.64 bits per heavy atom. The van der Waals surface area contributed by atoms with Crippen molar-refractivity contribution in [3.8, 4) is 0 Å². The monoisotopic (exact) mass is 395 g/mol. The van der Waals surface area contributed by atoms with E-state index in [0.717, 1.165) is 35.4 Å². The highest BCUT2D eigenvalue weighted by Gasteiger charge is 2.28. The zero-order valence-electron chi connectivity index (χ0n) is 15.5. The molecule has 6 nitrogen and oxygen atoms in total. The molecule has 2 aromatic carbocycles. The average Bonchev–Trinajstić information content (AvgIpc) is 3.42. The van der Waals surface area contributed by atoms with E-state index in [0.29, 0.717) is 23.9 Å². The van der Waals surface area contributed by atoms with Gasteiger partial charge in [0.15, 0.2) is 5.82 Å². The van der Waals surface area contributed by atoms with Crippen LogP contribution in [0.15, 0.2) is 58.5 Å². The first-order valence-electron chi connectivity index (χ1n) is 9.16. The van der Waals surface area contributed by atoms with Gasteiger partial charge in [0.25, 0.3) is 10.0 Å². The second-order valence-corrected chi connectivity index (χ2v) is 8.58. The SMILES string of the molecule is Cc1ccc(/C=C/S(=O)(=O)Nc2ccccc2Cc2nc(C3CC3)no2)cc1. The van der Waals surface area contributed by atoms with Gasteiger partial charge in [-0.1, -0.05) is 53.2 Å². The molecule has 1 saturated carbocycles. The average molecular weight is 395 g/mol. The van der Waals surface area contributed by atoms with E-state index < -0.39 is 10.0 Å². The zero-order valence-corrected chi connectivity index (χ0v) is 16.3. The van der Waals surface area contributed by atoms with Crippen LogP contribution >= 0.6 is 0 Å². The highest BCUT2D eigenvalue weighted by Crippen LogP contribution is 2.38. The van der Waals surface area contributed by atoms with E-state index in [-0.39, 0.29) is 0 Å². The highest BCUT2D eigenvalue weighted by atomic mass is 32.2. The first-order valence-corrected chi connectivity index (χ1v) is 10.7. The Morgan fingerprint density at radius 2 is 1.89 bits per heavy atom. The van der Waals surface area contributed by atoms with E-state index >= 15 is 0 Å². The predicted molar refractivity (Wildman–Crippen MR) is 108 cm³/mol. The number of para-hydroxylation sites is 1. The first kappa shape index (κ1) is 18.4. The third kappa shape index (κ3) is 4.67. The number of rotatable bonds is 7. The Kier molecular flexibility index (Phi) is 5.00. The molecule has 0 saturated heterocycles. The van der Waals surface area contributed by atoms with Gasteiger partial charge in [-0.25, -0.2) is 8.42 Å². The topological polar surface area (TPSA) is 85.1 Å². The summed E-state index contributed by atoms with van der Waals surface area (Å²) in [5.74, 6) is 1.65. The summed E-state index contributed by atoms with van der Waals surface area (Å²) < 4.78 is 32.9. The molecule has 0 spiro atoms. The minimum Gasteiger partial charge on any atom is -0.339 e. The molecule has 1 fully saturated rings. The number of anilines is 1. The van der Waals surface area contributed by atoms with Crippen LogP contribution < -0.4 is 4.72 Å². The van der Waals surface area contributed by atoms with Crippen molar-refractivity contribution < 1.29 is 12.9 Å². The lowest BCUT2D eigenvalue weighted by Crippen LogP contribution is -2.10. The van der Waals surface area contributed by atoms with E-state index in [1.54, 1.807) is 18.2 Å². The molecule has 0 atom stereocenters. The van der Waals surface area contributed by atoms with Crippen LogP contribution in [-0.4, -0.2) is 18.6 Å². The summed E-state index contributed by atoms with van der Waals surface area (Å²) in [4.78, 5) is 4.42. The van der Waals surface area contributed by atoms with Crippen LogP contribution in [0.2, 0.25) is 0 Å². The number of sulfonamides is 1. The molecule has 1 heterocycles. The summed E-state index contributed by atoms with van der Waals surface area (Å²) >= 11 is 0. The van der Waals surface area contributed by atoms with Gasteiger partial charge in [-0.3, -0.25) is 4.72 Å². The Balaban J connectivity index is 1.49. The molecule has 7 heteroatoms. The van der Waals surface area contributed by atoms with E-state index in [4.69, 9.17) is 4.52 Å². The van der Waals surface area contributed by atoms with Crippen molar-refractivity contribution in [2.75, 3.05) is 4.72 Å². The minimum absolute atomic E-state index is 0.375. The predicted octanol–water partition coefficient (Wildman–Crippen LogP) is 4.26. The van der Waals surface area contributed by atoms with Crippen LogP contribution in [0.4, 0.5) is 5.69 Å². The van der Waals surface area contributed by atoms with Crippen molar-refractivity contribution in [3.63, 3.8) is 0 Å². The van der Waals surface area contributed by atoms with E-state index in [1.807, 2.05) is 43.3 Å². The quantitative estimate of drug-likeness (QED) is 0.646. The number of benzene rings is 2. The van der Waals surface area contributed by atoms with Gasteiger partial charge in [-0.05, 0) is 43.0 Å². The van der Waals surface area contributed by atoms with Gasteiger partial charge >= 0.3 is 0 Å². The summed E-state index contributed by atoms with van der Waals surface area (Å²) in [6.07, 6.45) is 4.15. The van der Waals surface area contributed by atoms with Crippen molar-refractivity contribution in [3.05, 3.63) is 82.3 Å². The minimum atomic E-state index is -3.65. The largest absolute Gasteiger partial charge is 0.339 e. The smallest absolute Gasteiger partial charge is 0.255 e. The molecule has 144 valence electrons. The Hall–Kier alpha value is -2.93. The van der Waals surface area contributed by atoms with Gasteiger partial charge < -0.3 is 4.52 Å². The van der Waals surface area contributed by atoms with Crippen LogP contribution in [-0.2, 0) is 16.4 Å². The molecule has 0 bridgehead atoms. The normalized spacial score (nSPS) is 14.5. The van der Waals surface area contributed by atoms with Gasteiger partial charge in [-0.15, -0.1) is 0 Å². The maximum Gasteiger partial charge on any atom is 0.255 e.